The van der Waals surface area contributed by atoms with E-state index in [9.17, 15) is 4.79 Å². The second-order valence-corrected chi connectivity index (χ2v) is 9.49. The van der Waals surface area contributed by atoms with Gasteiger partial charge in [-0.25, -0.2) is 0 Å². The Hall–Kier alpha value is -2.84. The second-order valence-electron chi connectivity index (χ2n) is 7.63. The van der Waals surface area contributed by atoms with Gasteiger partial charge in [0.1, 0.15) is 5.75 Å². The standard InChI is InChI=1S/C25H25BrN4O2S/c1-5-32-21-12-10-20(11-13-21)30-24(18-6-8-19(26)9-7-18)27-28-25(30)33-15-23(31)22-14-16(2)29(4)17(22)3/h6-14H,5,15H2,1-4H3. The molecule has 0 saturated heterocycles. The van der Waals surface area contributed by atoms with E-state index in [1.165, 1.54) is 11.8 Å². The lowest BCUT2D eigenvalue weighted by atomic mass is 10.2. The van der Waals surface area contributed by atoms with E-state index in [2.05, 4.69) is 26.1 Å². The van der Waals surface area contributed by atoms with Gasteiger partial charge in [-0.2, -0.15) is 0 Å². The average molecular weight is 525 g/mol. The summed E-state index contributed by atoms with van der Waals surface area (Å²) in [4.78, 5) is 13.0. The summed E-state index contributed by atoms with van der Waals surface area (Å²) in [5.41, 5.74) is 4.63. The van der Waals surface area contributed by atoms with Gasteiger partial charge in [0.05, 0.1) is 12.4 Å². The first kappa shape index (κ1) is 23.3. The molecule has 0 saturated carbocycles. The van der Waals surface area contributed by atoms with Gasteiger partial charge >= 0.3 is 0 Å². The van der Waals surface area contributed by atoms with Gasteiger partial charge in [0.2, 0.25) is 0 Å². The van der Waals surface area contributed by atoms with E-state index < -0.39 is 0 Å². The molecule has 0 aliphatic rings. The van der Waals surface area contributed by atoms with Crippen LogP contribution in [-0.4, -0.2) is 37.5 Å². The lowest BCUT2D eigenvalue weighted by molar-refractivity contribution is 0.102. The van der Waals surface area contributed by atoms with Crippen molar-refractivity contribution in [3.63, 3.8) is 0 Å². The highest BCUT2D eigenvalue weighted by atomic mass is 79.9. The monoisotopic (exact) mass is 524 g/mol. The van der Waals surface area contributed by atoms with E-state index in [1.807, 2.05) is 91.6 Å². The summed E-state index contributed by atoms with van der Waals surface area (Å²) >= 11 is 4.88. The number of aromatic nitrogens is 4. The lowest BCUT2D eigenvalue weighted by Crippen LogP contribution is -2.06. The van der Waals surface area contributed by atoms with Crippen LogP contribution in [0, 0.1) is 13.8 Å². The Kier molecular flexibility index (Phi) is 7.05. The number of aryl methyl sites for hydroxylation is 1. The topological polar surface area (TPSA) is 61.9 Å². The molecule has 170 valence electrons. The van der Waals surface area contributed by atoms with Crippen LogP contribution in [0.5, 0.6) is 5.75 Å². The minimum atomic E-state index is 0.0765. The normalized spacial score (nSPS) is 11.1. The Bertz CT molecular complexity index is 1280. The van der Waals surface area contributed by atoms with E-state index >= 15 is 0 Å². The molecule has 8 heteroatoms. The fourth-order valence-electron chi connectivity index (χ4n) is 3.59. The number of benzene rings is 2. The first-order chi connectivity index (χ1) is 15.9. The summed E-state index contributed by atoms with van der Waals surface area (Å²) in [6, 6.07) is 17.7. The van der Waals surface area contributed by atoms with Crippen LogP contribution >= 0.6 is 27.7 Å². The molecular formula is C25H25BrN4O2S. The van der Waals surface area contributed by atoms with Crippen molar-refractivity contribution in [2.45, 2.75) is 25.9 Å². The predicted molar refractivity (Wildman–Crippen MR) is 136 cm³/mol. The van der Waals surface area contributed by atoms with E-state index in [1.54, 1.807) is 0 Å². The van der Waals surface area contributed by atoms with Crippen LogP contribution in [-0.2, 0) is 7.05 Å². The maximum Gasteiger partial charge on any atom is 0.196 e. The molecule has 0 fully saturated rings. The van der Waals surface area contributed by atoms with Gasteiger partial charge in [0.15, 0.2) is 16.8 Å². The molecule has 0 radical (unpaired) electrons. The first-order valence-corrected chi connectivity index (χ1v) is 12.4. The summed E-state index contributed by atoms with van der Waals surface area (Å²) in [6.45, 7) is 6.54. The molecule has 0 N–H and O–H groups in total. The fourth-order valence-corrected chi connectivity index (χ4v) is 4.69. The van der Waals surface area contributed by atoms with Gasteiger partial charge in [-0.05, 0) is 63.2 Å². The quantitative estimate of drug-likeness (QED) is 0.208. The molecule has 4 rings (SSSR count). The van der Waals surface area contributed by atoms with E-state index in [-0.39, 0.29) is 11.5 Å². The summed E-state index contributed by atoms with van der Waals surface area (Å²) in [6.07, 6.45) is 0. The van der Waals surface area contributed by atoms with Crippen molar-refractivity contribution in [2.24, 2.45) is 7.05 Å². The maximum atomic E-state index is 13.0. The number of halogens is 1. The smallest absolute Gasteiger partial charge is 0.196 e. The van der Waals surface area contributed by atoms with Crippen LogP contribution in [0.1, 0.15) is 28.7 Å². The highest BCUT2D eigenvalue weighted by Crippen LogP contribution is 2.30. The van der Waals surface area contributed by atoms with Gasteiger partial charge in [-0.1, -0.05) is 39.8 Å². The second kappa shape index (κ2) is 9.97. The zero-order valence-corrected chi connectivity index (χ0v) is 21.4. The Morgan fingerprint density at radius 2 is 1.76 bits per heavy atom. The van der Waals surface area contributed by atoms with E-state index in [0.717, 1.165) is 38.4 Å². The average Bonchev–Trinajstić information content (AvgIpc) is 3.35. The number of hydrogen-bond donors (Lipinski definition) is 0. The highest BCUT2D eigenvalue weighted by Gasteiger charge is 2.20. The number of carbonyl (C=O) groups excluding carboxylic acids is 1. The number of thioether (sulfide) groups is 1. The van der Waals surface area contributed by atoms with Crippen molar-refractivity contribution < 1.29 is 9.53 Å². The summed E-state index contributed by atoms with van der Waals surface area (Å²) in [7, 11) is 1.97. The van der Waals surface area contributed by atoms with Crippen molar-refractivity contribution in [1.29, 1.82) is 0 Å². The number of Topliss-reactive ketones (excluding diaryl/α,β-unsaturated/α-hetero) is 1. The zero-order valence-electron chi connectivity index (χ0n) is 19.0. The number of carbonyl (C=O) groups is 1. The zero-order chi connectivity index (χ0) is 23.5. The Balaban J connectivity index is 1.68. The molecule has 2 aromatic carbocycles. The number of nitrogens with zero attached hydrogens (tertiary/aromatic N) is 4. The molecule has 4 aromatic rings. The highest BCUT2D eigenvalue weighted by molar-refractivity contribution is 9.10. The SMILES string of the molecule is CCOc1ccc(-n2c(SCC(=O)c3cc(C)n(C)c3C)nnc2-c2ccc(Br)cc2)cc1. The molecule has 0 bridgehead atoms. The summed E-state index contributed by atoms with van der Waals surface area (Å²) in [5, 5.41) is 9.57. The van der Waals surface area contributed by atoms with Crippen molar-refractivity contribution >= 4 is 33.5 Å². The van der Waals surface area contributed by atoms with Gasteiger partial charge in [-0.3, -0.25) is 9.36 Å². The van der Waals surface area contributed by atoms with Crippen LogP contribution in [0.15, 0.2) is 64.2 Å². The van der Waals surface area contributed by atoms with E-state index in [0.29, 0.717) is 17.6 Å². The van der Waals surface area contributed by atoms with Crippen LogP contribution in [0.3, 0.4) is 0 Å². The van der Waals surface area contributed by atoms with Crippen molar-refractivity contribution in [3.05, 3.63) is 76.0 Å². The molecular weight excluding hydrogens is 500 g/mol. The fraction of sp³-hybridized carbons (Fsp3) is 0.240. The largest absolute Gasteiger partial charge is 0.494 e. The number of ketones is 1. The third kappa shape index (κ3) is 4.91. The Labute approximate surface area is 206 Å². The number of rotatable bonds is 8. The predicted octanol–water partition coefficient (Wildman–Crippen LogP) is 6.03. The molecule has 0 atom stereocenters. The molecule has 0 aliphatic carbocycles. The van der Waals surface area contributed by atoms with E-state index in [4.69, 9.17) is 4.74 Å². The third-order valence-corrected chi connectivity index (χ3v) is 7.01. The third-order valence-electron chi connectivity index (χ3n) is 5.55. The van der Waals surface area contributed by atoms with Crippen molar-refractivity contribution in [1.82, 2.24) is 19.3 Å². The molecule has 33 heavy (non-hydrogen) atoms. The maximum absolute atomic E-state index is 13.0. The molecule has 0 unspecified atom stereocenters. The summed E-state index contributed by atoms with van der Waals surface area (Å²) in [5.74, 6) is 1.87. The Morgan fingerprint density at radius 1 is 1.06 bits per heavy atom. The molecule has 6 nitrogen and oxygen atoms in total. The number of ether oxygens (including phenoxy) is 1. The first-order valence-electron chi connectivity index (χ1n) is 10.6. The van der Waals surface area contributed by atoms with Crippen molar-refractivity contribution in [2.75, 3.05) is 12.4 Å². The van der Waals surface area contributed by atoms with Crippen LogP contribution in [0.4, 0.5) is 0 Å². The van der Waals surface area contributed by atoms with Crippen molar-refractivity contribution in [3.8, 4) is 22.8 Å². The molecule has 0 spiro atoms. The minimum Gasteiger partial charge on any atom is -0.494 e. The number of hydrogen-bond acceptors (Lipinski definition) is 5. The van der Waals surface area contributed by atoms with Crippen LogP contribution in [0.25, 0.3) is 17.1 Å². The van der Waals surface area contributed by atoms with Gasteiger partial charge in [-0.15, -0.1) is 10.2 Å². The van der Waals surface area contributed by atoms with Crippen LogP contribution in [0.2, 0.25) is 0 Å². The minimum absolute atomic E-state index is 0.0765. The molecule has 0 aliphatic heterocycles. The molecule has 2 aromatic heterocycles. The lowest BCUT2D eigenvalue weighted by Gasteiger charge is -2.11. The Morgan fingerprint density at radius 3 is 2.36 bits per heavy atom. The summed E-state index contributed by atoms with van der Waals surface area (Å²) < 4.78 is 10.6. The van der Waals surface area contributed by atoms with Gasteiger partial charge in [0, 0.05) is 39.7 Å². The van der Waals surface area contributed by atoms with Gasteiger partial charge in [0.25, 0.3) is 0 Å². The molecule has 2 heterocycles. The van der Waals surface area contributed by atoms with Gasteiger partial charge < -0.3 is 9.30 Å². The molecule has 0 amide bonds. The van der Waals surface area contributed by atoms with Crippen LogP contribution < -0.4 is 4.74 Å².